The van der Waals surface area contributed by atoms with Crippen molar-refractivity contribution in [3.8, 4) is 6.07 Å². The van der Waals surface area contributed by atoms with Gasteiger partial charge in [-0.05, 0) is 25.0 Å². The largest absolute Gasteiger partial charge is 0.370 e. The first-order valence-electron chi connectivity index (χ1n) is 6.41. The summed E-state index contributed by atoms with van der Waals surface area (Å²) in [6.45, 7) is 1.89. The number of fused-ring (bicyclic) bond motifs is 1. The Bertz CT molecular complexity index is 647. The van der Waals surface area contributed by atoms with Gasteiger partial charge < -0.3 is 15.6 Å². The van der Waals surface area contributed by atoms with Gasteiger partial charge in [0.25, 0.3) is 0 Å². The van der Waals surface area contributed by atoms with Crippen molar-refractivity contribution in [2.24, 2.45) is 5.73 Å². The minimum absolute atomic E-state index is 0.303. The Morgan fingerprint density at radius 3 is 2.79 bits per heavy atom. The number of H-pyrrole nitrogens is 1. The van der Waals surface area contributed by atoms with E-state index in [0.29, 0.717) is 16.6 Å². The number of piperidine rings is 1. The van der Waals surface area contributed by atoms with Gasteiger partial charge in [-0.15, -0.1) is 0 Å². The van der Waals surface area contributed by atoms with E-state index in [1.807, 2.05) is 12.1 Å². The highest BCUT2D eigenvalue weighted by atomic mass is 35.5. The molecule has 2 heterocycles. The molecule has 1 aromatic heterocycles. The third kappa shape index (κ3) is 2.05. The third-order valence-corrected chi connectivity index (χ3v) is 4.08. The zero-order valence-corrected chi connectivity index (χ0v) is 11.2. The average Bonchev–Trinajstić information content (AvgIpc) is 2.85. The van der Waals surface area contributed by atoms with Gasteiger partial charge in [0.1, 0.15) is 6.07 Å². The van der Waals surface area contributed by atoms with Crippen LogP contribution in [0.3, 0.4) is 0 Å². The molecule has 98 valence electrons. The van der Waals surface area contributed by atoms with Crippen LogP contribution in [0.15, 0.2) is 18.3 Å². The van der Waals surface area contributed by atoms with Crippen LogP contribution < -0.4 is 10.6 Å². The first-order chi connectivity index (χ1) is 9.20. The SMILES string of the molecule is N#Cc1c[nH]c2c(N3CCC(N)CC3)ccc(Cl)c12. The van der Waals surface area contributed by atoms with Crippen LogP contribution >= 0.6 is 11.6 Å². The molecular formula is C14H15ClN4. The molecule has 1 aliphatic rings. The van der Waals surface area contributed by atoms with Crippen molar-refractivity contribution in [2.45, 2.75) is 18.9 Å². The van der Waals surface area contributed by atoms with E-state index in [-0.39, 0.29) is 0 Å². The van der Waals surface area contributed by atoms with Crippen LogP contribution in [0.2, 0.25) is 5.02 Å². The number of hydrogen-bond donors (Lipinski definition) is 2. The van der Waals surface area contributed by atoms with Gasteiger partial charge in [0, 0.05) is 30.7 Å². The number of benzene rings is 1. The first kappa shape index (κ1) is 12.3. The lowest BCUT2D eigenvalue weighted by Crippen LogP contribution is -2.39. The van der Waals surface area contributed by atoms with E-state index in [4.69, 9.17) is 22.6 Å². The maximum Gasteiger partial charge on any atom is 0.101 e. The molecule has 1 fully saturated rings. The number of nitrogens with one attached hydrogen (secondary N) is 1. The number of nitriles is 1. The molecule has 0 unspecified atom stereocenters. The number of aromatic nitrogens is 1. The maximum absolute atomic E-state index is 9.13. The van der Waals surface area contributed by atoms with E-state index in [2.05, 4.69) is 16.0 Å². The highest BCUT2D eigenvalue weighted by Gasteiger charge is 2.20. The summed E-state index contributed by atoms with van der Waals surface area (Å²) < 4.78 is 0. The Morgan fingerprint density at radius 1 is 1.37 bits per heavy atom. The first-order valence-corrected chi connectivity index (χ1v) is 6.78. The van der Waals surface area contributed by atoms with Gasteiger partial charge in [0.2, 0.25) is 0 Å². The standard InChI is InChI=1S/C14H15ClN4/c15-11-1-2-12(19-5-3-10(17)4-6-19)14-13(11)9(7-16)8-18-14/h1-2,8,10,18H,3-6,17H2. The van der Waals surface area contributed by atoms with E-state index < -0.39 is 0 Å². The summed E-state index contributed by atoms with van der Waals surface area (Å²) in [5, 5.41) is 10.6. The topological polar surface area (TPSA) is 68.8 Å². The summed E-state index contributed by atoms with van der Waals surface area (Å²) >= 11 is 6.21. The zero-order chi connectivity index (χ0) is 13.4. The predicted molar refractivity (Wildman–Crippen MR) is 77.4 cm³/mol. The summed E-state index contributed by atoms with van der Waals surface area (Å²) in [6, 6.07) is 6.35. The Morgan fingerprint density at radius 2 is 2.11 bits per heavy atom. The Hall–Kier alpha value is -1.70. The number of rotatable bonds is 1. The summed E-state index contributed by atoms with van der Waals surface area (Å²) in [4.78, 5) is 5.48. The number of nitrogens with zero attached hydrogens (tertiary/aromatic N) is 2. The zero-order valence-electron chi connectivity index (χ0n) is 10.5. The second-order valence-corrected chi connectivity index (χ2v) is 5.36. The fourth-order valence-corrected chi connectivity index (χ4v) is 2.94. The summed E-state index contributed by atoms with van der Waals surface area (Å²) in [5.41, 5.74) is 8.58. The van der Waals surface area contributed by atoms with Gasteiger partial charge in [-0.1, -0.05) is 11.6 Å². The lowest BCUT2D eigenvalue weighted by Gasteiger charge is -2.32. The second-order valence-electron chi connectivity index (χ2n) is 4.96. The van der Waals surface area contributed by atoms with Crippen LogP contribution in [0.4, 0.5) is 5.69 Å². The molecule has 0 aliphatic carbocycles. The summed E-state index contributed by atoms with van der Waals surface area (Å²) in [7, 11) is 0. The number of nitrogens with two attached hydrogens (primary N) is 1. The van der Waals surface area contributed by atoms with Crippen molar-refractivity contribution < 1.29 is 0 Å². The second kappa shape index (κ2) is 4.76. The normalized spacial score (nSPS) is 16.8. The quantitative estimate of drug-likeness (QED) is 0.840. The van der Waals surface area contributed by atoms with Crippen molar-refractivity contribution in [1.29, 1.82) is 5.26 Å². The van der Waals surface area contributed by atoms with Crippen LogP contribution in [0, 0.1) is 11.3 Å². The molecule has 3 N–H and O–H groups in total. The number of aromatic amines is 1. The van der Waals surface area contributed by atoms with Gasteiger partial charge in [0.05, 0.1) is 21.8 Å². The molecule has 1 aliphatic heterocycles. The van der Waals surface area contributed by atoms with E-state index in [1.54, 1.807) is 6.20 Å². The molecule has 0 amide bonds. The smallest absolute Gasteiger partial charge is 0.101 e. The molecule has 0 bridgehead atoms. The Labute approximate surface area is 116 Å². The van der Waals surface area contributed by atoms with E-state index in [1.165, 1.54) is 0 Å². The molecule has 4 nitrogen and oxygen atoms in total. The van der Waals surface area contributed by atoms with Crippen molar-refractivity contribution in [3.63, 3.8) is 0 Å². The number of hydrogen-bond acceptors (Lipinski definition) is 3. The summed E-state index contributed by atoms with van der Waals surface area (Å²) in [5.74, 6) is 0. The lowest BCUT2D eigenvalue weighted by molar-refractivity contribution is 0.502. The van der Waals surface area contributed by atoms with Gasteiger partial charge in [-0.25, -0.2) is 0 Å². The Kier molecular flexibility index (Phi) is 3.09. The fourth-order valence-electron chi connectivity index (χ4n) is 2.68. The third-order valence-electron chi connectivity index (χ3n) is 3.76. The highest BCUT2D eigenvalue weighted by Crippen LogP contribution is 2.34. The molecule has 0 radical (unpaired) electrons. The molecule has 3 rings (SSSR count). The average molecular weight is 275 g/mol. The molecule has 0 spiro atoms. The molecule has 0 saturated carbocycles. The number of anilines is 1. The molecule has 2 aromatic rings. The van der Waals surface area contributed by atoms with Crippen molar-refractivity contribution >= 4 is 28.2 Å². The van der Waals surface area contributed by atoms with Gasteiger partial charge in [-0.3, -0.25) is 0 Å². The van der Waals surface area contributed by atoms with E-state index >= 15 is 0 Å². The monoisotopic (exact) mass is 274 g/mol. The lowest BCUT2D eigenvalue weighted by atomic mass is 10.0. The van der Waals surface area contributed by atoms with Crippen LogP contribution in [0.5, 0.6) is 0 Å². The molecule has 0 atom stereocenters. The maximum atomic E-state index is 9.13. The van der Waals surface area contributed by atoms with Crippen LogP contribution in [0.1, 0.15) is 18.4 Å². The van der Waals surface area contributed by atoms with E-state index in [0.717, 1.165) is 42.5 Å². The highest BCUT2D eigenvalue weighted by molar-refractivity contribution is 6.36. The molecule has 1 saturated heterocycles. The van der Waals surface area contributed by atoms with Crippen molar-refractivity contribution in [1.82, 2.24) is 4.98 Å². The minimum atomic E-state index is 0.303. The van der Waals surface area contributed by atoms with Crippen LogP contribution in [-0.2, 0) is 0 Å². The molecule has 5 heteroatoms. The predicted octanol–water partition coefficient (Wildman–Crippen LogP) is 2.62. The summed E-state index contributed by atoms with van der Waals surface area (Å²) in [6.07, 6.45) is 3.71. The van der Waals surface area contributed by atoms with Crippen molar-refractivity contribution in [2.75, 3.05) is 18.0 Å². The molecular weight excluding hydrogens is 260 g/mol. The molecule has 1 aromatic carbocycles. The van der Waals surface area contributed by atoms with Gasteiger partial charge in [0.15, 0.2) is 0 Å². The Balaban J connectivity index is 2.08. The molecule has 19 heavy (non-hydrogen) atoms. The van der Waals surface area contributed by atoms with Crippen LogP contribution in [0.25, 0.3) is 10.9 Å². The van der Waals surface area contributed by atoms with Gasteiger partial charge >= 0.3 is 0 Å². The van der Waals surface area contributed by atoms with E-state index in [9.17, 15) is 0 Å². The van der Waals surface area contributed by atoms with Gasteiger partial charge in [-0.2, -0.15) is 5.26 Å². The van der Waals surface area contributed by atoms with Crippen molar-refractivity contribution in [3.05, 3.63) is 28.9 Å². The minimum Gasteiger partial charge on any atom is -0.370 e. The van der Waals surface area contributed by atoms with Crippen LogP contribution in [-0.4, -0.2) is 24.1 Å². The fraction of sp³-hybridized carbons (Fsp3) is 0.357. The number of halogens is 1.